The summed E-state index contributed by atoms with van der Waals surface area (Å²) in [5.74, 6) is 0.607. The molecule has 1 saturated heterocycles. The Kier molecular flexibility index (Phi) is 5.03. The monoisotopic (exact) mass is 426 g/mol. The average molecular weight is 427 g/mol. The molecule has 0 amide bonds. The van der Waals surface area contributed by atoms with Crippen LogP contribution in [0.2, 0.25) is 5.02 Å². The molecule has 1 aliphatic heterocycles. The van der Waals surface area contributed by atoms with Gasteiger partial charge in [0.1, 0.15) is 5.65 Å². The highest BCUT2D eigenvalue weighted by Crippen LogP contribution is 2.24. The second-order valence-corrected chi connectivity index (χ2v) is 8.47. The number of benzene rings is 1. The molecule has 1 fully saturated rings. The first kappa shape index (κ1) is 18.7. The zero-order valence-corrected chi connectivity index (χ0v) is 17.2. The molecule has 1 atom stereocenters. The van der Waals surface area contributed by atoms with E-state index in [0.717, 1.165) is 30.8 Å². The Hall–Kier alpha value is -2.35. The SMILES string of the molecule is O=c1c2ccccc2nc(SCc2cn3cc(Cl)ccc3n2)n1CC1CCCO1. The van der Waals surface area contributed by atoms with E-state index in [1.807, 2.05) is 53.2 Å². The fourth-order valence-electron chi connectivity index (χ4n) is 3.64. The molecular formula is C21H19ClN4O2S. The van der Waals surface area contributed by atoms with Crippen molar-refractivity contribution in [1.82, 2.24) is 18.9 Å². The molecule has 4 heterocycles. The fourth-order valence-corrected chi connectivity index (χ4v) is 4.70. The first-order valence-electron chi connectivity index (χ1n) is 9.54. The molecule has 148 valence electrons. The third kappa shape index (κ3) is 3.77. The quantitative estimate of drug-likeness (QED) is 0.354. The molecule has 8 heteroatoms. The summed E-state index contributed by atoms with van der Waals surface area (Å²) >= 11 is 7.58. The zero-order chi connectivity index (χ0) is 19.8. The van der Waals surface area contributed by atoms with E-state index >= 15 is 0 Å². The van der Waals surface area contributed by atoms with Gasteiger partial charge >= 0.3 is 0 Å². The van der Waals surface area contributed by atoms with Gasteiger partial charge in [-0.25, -0.2) is 9.97 Å². The molecule has 0 radical (unpaired) electrons. The minimum absolute atomic E-state index is 0.0182. The van der Waals surface area contributed by atoms with Gasteiger partial charge in [0, 0.05) is 24.8 Å². The van der Waals surface area contributed by atoms with Crippen LogP contribution in [-0.4, -0.2) is 31.6 Å². The van der Waals surface area contributed by atoms with Crippen molar-refractivity contribution in [2.75, 3.05) is 6.61 Å². The summed E-state index contributed by atoms with van der Waals surface area (Å²) in [5.41, 5.74) is 2.44. The predicted molar refractivity (Wildman–Crippen MR) is 115 cm³/mol. The second kappa shape index (κ2) is 7.82. The van der Waals surface area contributed by atoms with Crippen LogP contribution in [-0.2, 0) is 17.0 Å². The van der Waals surface area contributed by atoms with Crippen LogP contribution < -0.4 is 5.56 Å². The first-order valence-corrected chi connectivity index (χ1v) is 10.9. The Labute approximate surface area is 176 Å². The van der Waals surface area contributed by atoms with Crippen molar-refractivity contribution in [3.63, 3.8) is 0 Å². The minimum atomic E-state index is -0.0182. The lowest BCUT2D eigenvalue weighted by molar-refractivity contribution is 0.0937. The van der Waals surface area contributed by atoms with E-state index < -0.39 is 0 Å². The van der Waals surface area contributed by atoms with E-state index in [9.17, 15) is 4.79 Å². The number of hydrogen-bond donors (Lipinski definition) is 0. The minimum Gasteiger partial charge on any atom is -0.376 e. The molecule has 0 N–H and O–H groups in total. The molecule has 1 aromatic carbocycles. The fraction of sp³-hybridized carbons (Fsp3) is 0.286. The van der Waals surface area contributed by atoms with Gasteiger partial charge in [-0.05, 0) is 37.1 Å². The van der Waals surface area contributed by atoms with E-state index in [4.69, 9.17) is 21.3 Å². The molecule has 3 aromatic heterocycles. The zero-order valence-electron chi connectivity index (χ0n) is 15.6. The maximum absolute atomic E-state index is 13.1. The normalized spacial score (nSPS) is 16.8. The van der Waals surface area contributed by atoms with Gasteiger partial charge in [0.2, 0.25) is 0 Å². The summed E-state index contributed by atoms with van der Waals surface area (Å²) in [6, 6.07) is 11.2. The summed E-state index contributed by atoms with van der Waals surface area (Å²) in [6.45, 7) is 1.28. The summed E-state index contributed by atoms with van der Waals surface area (Å²) in [5, 5.41) is 1.99. The van der Waals surface area contributed by atoms with Gasteiger partial charge in [-0.3, -0.25) is 9.36 Å². The second-order valence-electron chi connectivity index (χ2n) is 7.10. The highest BCUT2D eigenvalue weighted by molar-refractivity contribution is 7.98. The predicted octanol–water partition coefficient (Wildman–Crippen LogP) is 4.17. The Balaban J connectivity index is 1.49. The van der Waals surface area contributed by atoms with Crippen LogP contribution >= 0.6 is 23.4 Å². The van der Waals surface area contributed by atoms with Crippen LogP contribution in [0.25, 0.3) is 16.6 Å². The van der Waals surface area contributed by atoms with Gasteiger partial charge in [0.05, 0.1) is 34.3 Å². The van der Waals surface area contributed by atoms with Crippen molar-refractivity contribution in [3.8, 4) is 0 Å². The summed E-state index contributed by atoms with van der Waals surface area (Å²) < 4.78 is 9.44. The molecule has 0 saturated carbocycles. The number of ether oxygens (including phenoxy) is 1. The summed E-state index contributed by atoms with van der Waals surface area (Å²) in [6.07, 6.45) is 5.85. The highest BCUT2D eigenvalue weighted by Gasteiger charge is 2.20. The molecule has 29 heavy (non-hydrogen) atoms. The number of thioether (sulfide) groups is 1. The third-order valence-electron chi connectivity index (χ3n) is 5.05. The van der Waals surface area contributed by atoms with Crippen LogP contribution in [0, 0.1) is 0 Å². The summed E-state index contributed by atoms with van der Waals surface area (Å²) in [4.78, 5) is 22.6. The molecule has 5 rings (SSSR count). The third-order valence-corrected chi connectivity index (χ3v) is 6.28. The van der Waals surface area contributed by atoms with Gasteiger partial charge in [-0.15, -0.1) is 0 Å². The van der Waals surface area contributed by atoms with Crippen LogP contribution in [0.4, 0.5) is 0 Å². The lowest BCUT2D eigenvalue weighted by atomic mass is 10.2. The topological polar surface area (TPSA) is 61.4 Å². The highest BCUT2D eigenvalue weighted by atomic mass is 35.5. The number of fused-ring (bicyclic) bond motifs is 2. The maximum atomic E-state index is 13.1. The number of rotatable bonds is 5. The number of para-hydroxylation sites is 1. The van der Waals surface area contributed by atoms with Crippen molar-refractivity contribution in [2.24, 2.45) is 0 Å². The number of pyridine rings is 1. The summed E-state index contributed by atoms with van der Waals surface area (Å²) in [7, 11) is 0. The Morgan fingerprint density at radius 2 is 2.07 bits per heavy atom. The van der Waals surface area contributed by atoms with Crippen molar-refractivity contribution in [3.05, 3.63) is 69.9 Å². The maximum Gasteiger partial charge on any atom is 0.262 e. The largest absolute Gasteiger partial charge is 0.376 e. The molecule has 0 bridgehead atoms. The first-order chi connectivity index (χ1) is 14.2. The number of aromatic nitrogens is 4. The smallest absolute Gasteiger partial charge is 0.262 e. The van der Waals surface area contributed by atoms with E-state index in [-0.39, 0.29) is 11.7 Å². The van der Waals surface area contributed by atoms with Crippen LogP contribution in [0.3, 0.4) is 0 Å². The van der Waals surface area contributed by atoms with Gasteiger partial charge in [-0.1, -0.05) is 35.5 Å². The Bertz CT molecular complexity index is 1250. The van der Waals surface area contributed by atoms with E-state index in [1.165, 1.54) is 11.8 Å². The molecule has 1 unspecified atom stereocenters. The molecule has 0 aliphatic carbocycles. The van der Waals surface area contributed by atoms with Gasteiger partial charge < -0.3 is 9.14 Å². The van der Waals surface area contributed by atoms with Crippen molar-refractivity contribution in [1.29, 1.82) is 0 Å². The number of halogens is 1. The van der Waals surface area contributed by atoms with Crippen molar-refractivity contribution in [2.45, 2.75) is 36.4 Å². The van der Waals surface area contributed by atoms with Crippen molar-refractivity contribution >= 4 is 39.9 Å². The van der Waals surface area contributed by atoms with Crippen LogP contribution in [0.1, 0.15) is 18.5 Å². The molecule has 0 spiro atoms. The van der Waals surface area contributed by atoms with Crippen LogP contribution in [0.15, 0.2) is 58.7 Å². The molecule has 4 aromatic rings. The van der Waals surface area contributed by atoms with Crippen LogP contribution in [0.5, 0.6) is 0 Å². The molecule has 1 aliphatic rings. The van der Waals surface area contributed by atoms with E-state index in [2.05, 4.69) is 4.98 Å². The molecule has 6 nitrogen and oxygen atoms in total. The van der Waals surface area contributed by atoms with Gasteiger partial charge in [0.25, 0.3) is 5.56 Å². The average Bonchev–Trinajstić information content (AvgIpc) is 3.38. The van der Waals surface area contributed by atoms with Gasteiger partial charge in [-0.2, -0.15) is 0 Å². The lowest BCUT2D eigenvalue weighted by Crippen LogP contribution is -2.28. The molecular weight excluding hydrogens is 408 g/mol. The number of nitrogens with zero attached hydrogens (tertiary/aromatic N) is 4. The lowest BCUT2D eigenvalue weighted by Gasteiger charge is -2.16. The Morgan fingerprint density at radius 3 is 2.93 bits per heavy atom. The van der Waals surface area contributed by atoms with E-state index in [1.54, 1.807) is 4.57 Å². The number of hydrogen-bond acceptors (Lipinski definition) is 5. The van der Waals surface area contributed by atoms with E-state index in [0.29, 0.717) is 33.4 Å². The number of imidazole rings is 1. The van der Waals surface area contributed by atoms with Crippen molar-refractivity contribution < 1.29 is 4.74 Å². The standard InChI is InChI=1S/C21H19ClN4O2S/c22-14-7-8-19-23-15(11-25(19)10-14)13-29-21-24-18-6-2-1-5-17(18)20(27)26(21)12-16-4-3-9-28-16/h1-2,5-8,10-11,16H,3-4,9,12-13H2. The Morgan fingerprint density at radius 1 is 1.17 bits per heavy atom. The van der Waals surface area contributed by atoms with Gasteiger partial charge in [0.15, 0.2) is 5.16 Å².